The lowest BCUT2D eigenvalue weighted by Gasteiger charge is -2.18. The van der Waals surface area contributed by atoms with Gasteiger partial charge >= 0.3 is 5.97 Å². The van der Waals surface area contributed by atoms with Crippen molar-refractivity contribution in [1.82, 2.24) is 16.0 Å². The molecule has 3 aromatic rings. The number of phenols is 1. The smallest absolute Gasteiger partial charge is 0.330 e. The van der Waals surface area contributed by atoms with E-state index < -0.39 is 29.7 Å². The predicted molar refractivity (Wildman–Crippen MR) is 136 cm³/mol. The van der Waals surface area contributed by atoms with Crippen LogP contribution < -0.4 is 16.0 Å². The second kappa shape index (κ2) is 12.4. The van der Waals surface area contributed by atoms with Gasteiger partial charge in [0.15, 0.2) is 0 Å². The Morgan fingerprint density at radius 2 is 1.69 bits per heavy atom. The Kier molecular flexibility index (Phi) is 9.29. The molecular weight excluding hydrogens is 529 g/mol. The Bertz CT molecular complexity index is 1260. The summed E-state index contributed by atoms with van der Waals surface area (Å²) in [5, 5.41) is 18.7. The molecule has 0 radical (unpaired) electrons. The summed E-state index contributed by atoms with van der Waals surface area (Å²) in [5.41, 5.74) is 0.632. The van der Waals surface area contributed by atoms with E-state index in [0.29, 0.717) is 10.4 Å². The largest absolute Gasteiger partial charge is 0.508 e. The maximum absolute atomic E-state index is 12.9. The van der Waals surface area contributed by atoms with Crippen molar-refractivity contribution in [3.63, 3.8) is 0 Å². The third-order valence-corrected chi connectivity index (χ3v) is 6.36. The number of benzene rings is 2. The van der Waals surface area contributed by atoms with Gasteiger partial charge in [-0.15, -0.1) is 11.3 Å². The molecule has 12 heteroatoms. The van der Waals surface area contributed by atoms with E-state index in [1.54, 1.807) is 29.6 Å². The van der Waals surface area contributed by atoms with Crippen molar-refractivity contribution in [3.8, 4) is 5.75 Å². The van der Waals surface area contributed by atoms with Crippen molar-refractivity contribution in [1.29, 1.82) is 0 Å². The molecule has 36 heavy (non-hydrogen) atoms. The number of rotatable bonds is 9. The average molecular weight is 550 g/mol. The van der Waals surface area contributed by atoms with Crippen molar-refractivity contribution >= 4 is 58.2 Å². The molecule has 0 fully saturated rings. The fourth-order valence-corrected chi connectivity index (χ4v) is 4.43. The minimum absolute atomic E-state index is 0.0690. The summed E-state index contributed by atoms with van der Waals surface area (Å²) < 4.78 is 4.72. The van der Waals surface area contributed by atoms with Gasteiger partial charge in [-0.25, -0.2) is 4.79 Å². The van der Waals surface area contributed by atoms with Gasteiger partial charge < -0.3 is 25.8 Å². The van der Waals surface area contributed by atoms with Gasteiger partial charge in [-0.2, -0.15) is 0 Å². The van der Waals surface area contributed by atoms with Crippen LogP contribution in [0.1, 0.15) is 36.0 Å². The van der Waals surface area contributed by atoms with Crippen molar-refractivity contribution in [2.45, 2.75) is 12.6 Å². The number of esters is 1. The number of hydrogen-bond donors (Lipinski definition) is 4. The number of phenolic OH excluding ortho intramolecular Hbond substituents is 1. The highest BCUT2D eigenvalue weighted by atomic mass is 35.5. The van der Waals surface area contributed by atoms with Crippen molar-refractivity contribution in [2.75, 3.05) is 13.7 Å². The Labute approximate surface area is 220 Å². The van der Waals surface area contributed by atoms with Crippen molar-refractivity contribution in [2.24, 2.45) is 0 Å². The Balaban J connectivity index is 1.69. The Morgan fingerprint density at radius 1 is 0.972 bits per heavy atom. The summed E-state index contributed by atoms with van der Waals surface area (Å²) >= 11 is 13.7. The first-order chi connectivity index (χ1) is 17.2. The number of nitrogens with one attached hydrogen (secondary N) is 3. The molecule has 0 aliphatic rings. The lowest BCUT2D eigenvalue weighted by molar-refractivity contribution is -0.142. The number of amides is 3. The zero-order valence-electron chi connectivity index (χ0n) is 18.8. The molecular formula is C24H21Cl2N3O6S. The number of halogens is 2. The molecule has 1 atom stereocenters. The van der Waals surface area contributed by atoms with Gasteiger partial charge in [0, 0.05) is 18.7 Å². The zero-order valence-corrected chi connectivity index (χ0v) is 21.2. The van der Waals surface area contributed by atoms with Crippen LogP contribution in [-0.2, 0) is 16.1 Å². The summed E-state index contributed by atoms with van der Waals surface area (Å²) in [6.07, 6.45) is 0. The number of carbonyl (C=O) groups is 4. The molecule has 0 saturated carbocycles. The number of hydrogen-bond acceptors (Lipinski definition) is 7. The number of ether oxygens (including phenoxy) is 1. The molecule has 1 aromatic heterocycles. The van der Waals surface area contributed by atoms with E-state index in [1.807, 2.05) is 0 Å². The maximum atomic E-state index is 12.9. The molecule has 3 rings (SSSR count). The minimum Gasteiger partial charge on any atom is -0.508 e. The topological polar surface area (TPSA) is 134 Å². The van der Waals surface area contributed by atoms with Crippen molar-refractivity contribution < 1.29 is 29.0 Å². The fraction of sp³-hybridized carbons (Fsp3) is 0.167. The summed E-state index contributed by atoms with van der Waals surface area (Å²) in [6.45, 7) is -0.0946. The second-order valence-electron chi connectivity index (χ2n) is 7.40. The number of thiophene rings is 1. The molecule has 0 bridgehead atoms. The molecule has 4 N–H and O–H groups in total. The van der Waals surface area contributed by atoms with Crippen LogP contribution in [0.3, 0.4) is 0 Å². The summed E-state index contributed by atoms with van der Waals surface area (Å²) in [4.78, 5) is 50.2. The van der Waals surface area contributed by atoms with Crippen LogP contribution in [0.2, 0.25) is 10.0 Å². The lowest BCUT2D eigenvalue weighted by atomic mass is 10.1. The van der Waals surface area contributed by atoms with E-state index in [2.05, 4.69) is 16.0 Å². The third-order valence-electron chi connectivity index (χ3n) is 4.90. The van der Waals surface area contributed by atoms with E-state index in [4.69, 9.17) is 27.9 Å². The third kappa shape index (κ3) is 6.97. The molecule has 0 spiro atoms. The summed E-state index contributed by atoms with van der Waals surface area (Å²) in [5.74, 6) is -2.43. The first kappa shape index (κ1) is 27.0. The van der Waals surface area contributed by atoms with Gasteiger partial charge in [-0.3, -0.25) is 14.4 Å². The first-order valence-electron chi connectivity index (χ1n) is 10.4. The maximum Gasteiger partial charge on any atom is 0.330 e. The highest BCUT2D eigenvalue weighted by molar-refractivity contribution is 7.12. The molecule has 0 unspecified atom stereocenters. The van der Waals surface area contributed by atoms with Gasteiger partial charge in [0.1, 0.15) is 11.8 Å². The average Bonchev–Trinajstić information content (AvgIpc) is 3.39. The van der Waals surface area contributed by atoms with E-state index in [9.17, 15) is 24.3 Å². The van der Waals surface area contributed by atoms with Crippen LogP contribution in [0, 0.1) is 0 Å². The highest BCUT2D eigenvalue weighted by Gasteiger charge is 2.26. The molecule has 3 amide bonds. The van der Waals surface area contributed by atoms with E-state index in [0.717, 1.165) is 7.11 Å². The first-order valence-corrected chi connectivity index (χ1v) is 12.1. The standard InChI is InChI=1S/C24H21Cl2N3O6S/c1-35-24(34)18(12-28-22(32)19-6-3-7-36-19)29-23(33)20-16(25)9-14(10-17(20)26)21(31)27-11-13-4-2-5-15(30)8-13/h2-10,18,30H,11-12H2,1H3,(H,27,31)(H,28,32)(H,29,33)/t18-/m0/s1. The van der Waals surface area contributed by atoms with E-state index in [-0.39, 0.29) is 40.0 Å². The molecule has 0 aliphatic heterocycles. The zero-order chi connectivity index (χ0) is 26.2. The SMILES string of the molecule is COC(=O)[C@H](CNC(=O)c1cccs1)NC(=O)c1c(Cl)cc(C(=O)NCc2cccc(O)c2)cc1Cl. The van der Waals surface area contributed by atoms with Gasteiger partial charge in [0.25, 0.3) is 17.7 Å². The molecule has 0 saturated heterocycles. The second-order valence-corrected chi connectivity index (χ2v) is 9.17. The molecule has 9 nitrogen and oxygen atoms in total. The summed E-state index contributed by atoms with van der Waals surface area (Å²) in [7, 11) is 1.15. The molecule has 188 valence electrons. The predicted octanol–water partition coefficient (Wildman–Crippen LogP) is 3.39. The molecule has 2 aromatic carbocycles. The Morgan fingerprint density at radius 3 is 2.31 bits per heavy atom. The van der Waals surface area contributed by atoms with Gasteiger partial charge in [-0.05, 0) is 41.3 Å². The van der Waals surface area contributed by atoms with Crippen LogP contribution in [0.15, 0.2) is 53.9 Å². The van der Waals surface area contributed by atoms with Crippen LogP contribution >= 0.6 is 34.5 Å². The van der Waals surface area contributed by atoms with Crippen LogP contribution in [-0.4, -0.2) is 48.5 Å². The Hall–Kier alpha value is -3.60. The van der Waals surface area contributed by atoms with Crippen LogP contribution in [0.4, 0.5) is 0 Å². The lowest BCUT2D eigenvalue weighted by Crippen LogP contribution is -2.49. The van der Waals surface area contributed by atoms with Gasteiger partial charge in [0.05, 0.1) is 27.6 Å². The number of carbonyl (C=O) groups excluding carboxylic acids is 4. The quantitative estimate of drug-likeness (QED) is 0.302. The molecule has 0 aliphatic carbocycles. The van der Waals surface area contributed by atoms with Crippen LogP contribution in [0.5, 0.6) is 5.75 Å². The summed E-state index contributed by atoms with van der Waals surface area (Å²) in [6, 6.07) is 11.0. The van der Waals surface area contributed by atoms with Crippen molar-refractivity contribution in [3.05, 3.63) is 85.5 Å². The van der Waals surface area contributed by atoms with Gasteiger partial charge in [0.2, 0.25) is 0 Å². The fourth-order valence-electron chi connectivity index (χ4n) is 3.13. The number of aromatic hydroxyl groups is 1. The minimum atomic E-state index is -1.22. The normalized spacial score (nSPS) is 11.3. The van der Waals surface area contributed by atoms with E-state index in [1.165, 1.54) is 35.6 Å². The van der Waals surface area contributed by atoms with Gasteiger partial charge in [-0.1, -0.05) is 41.4 Å². The highest BCUT2D eigenvalue weighted by Crippen LogP contribution is 2.27. The monoisotopic (exact) mass is 549 g/mol. The molecule has 1 heterocycles. The number of methoxy groups -OCH3 is 1. The van der Waals surface area contributed by atoms with Crippen LogP contribution in [0.25, 0.3) is 0 Å². The van der Waals surface area contributed by atoms with E-state index >= 15 is 0 Å².